The number of hydrogen-bond donors (Lipinski definition) is 1. The molecule has 2 heterocycles. The maximum absolute atomic E-state index is 14.6. The summed E-state index contributed by atoms with van der Waals surface area (Å²) in [6.07, 6.45) is 6.40. The van der Waals surface area contributed by atoms with E-state index in [0.717, 1.165) is 51.7 Å². The third kappa shape index (κ3) is 7.79. The summed E-state index contributed by atoms with van der Waals surface area (Å²) in [6.45, 7) is 10.4. The van der Waals surface area contributed by atoms with Crippen LogP contribution < -0.4 is 10.3 Å². The van der Waals surface area contributed by atoms with E-state index in [0.29, 0.717) is 40.6 Å². The average Bonchev–Trinajstić information content (AvgIpc) is 2.78. The molecule has 1 aliphatic rings. The lowest BCUT2D eigenvalue weighted by atomic mass is 9.99. The summed E-state index contributed by atoms with van der Waals surface area (Å²) in [5.74, 6) is 1.48. The van der Waals surface area contributed by atoms with E-state index in [1.165, 1.54) is 6.07 Å². The van der Waals surface area contributed by atoms with Gasteiger partial charge in [0.15, 0.2) is 0 Å². The van der Waals surface area contributed by atoms with Crippen LogP contribution in [0.1, 0.15) is 72.0 Å². The Morgan fingerprint density at radius 3 is 2.55 bits per heavy atom. The maximum Gasteiger partial charge on any atom is 0.261 e. The summed E-state index contributed by atoms with van der Waals surface area (Å²) in [7, 11) is 0. The molecule has 31 heavy (non-hydrogen) atoms. The van der Waals surface area contributed by atoms with Crippen LogP contribution in [0.4, 0.5) is 4.39 Å². The molecule has 1 fully saturated rings. The van der Waals surface area contributed by atoms with Gasteiger partial charge in [-0.2, -0.15) is 11.8 Å². The van der Waals surface area contributed by atoms with Crippen molar-refractivity contribution in [2.45, 2.75) is 77.2 Å². The van der Waals surface area contributed by atoms with Crippen LogP contribution in [0, 0.1) is 11.7 Å². The number of aromatic amines is 1. The minimum Gasteiger partial charge on any atom is -0.493 e. The lowest BCUT2D eigenvalue weighted by molar-refractivity contribution is 0.1000. The van der Waals surface area contributed by atoms with Gasteiger partial charge >= 0.3 is 0 Å². The number of nitrogens with zero attached hydrogens (tertiary/aromatic N) is 1. The molecule has 1 aromatic heterocycles. The molecule has 0 bridgehead atoms. The molecule has 0 spiro atoms. The molecule has 7 heteroatoms. The second kappa shape index (κ2) is 13.7. The minimum atomic E-state index is -0.586. The predicted octanol–water partition coefficient (Wildman–Crippen LogP) is 6.10. The number of ether oxygens (including phenoxy) is 2. The zero-order chi connectivity index (χ0) is 22.6. The van der Waals surface area contributed by atoms with Crippen LogP contribution in [0.5, 0.6) is 5.75 Å². The SMILES string of the molecule is CC.CCCC(CCC)COc1cc(F)c2c(=O)[nH]c(CSC3CCOCC3)nc2c1. The van der Waals surface area contributed by atoms with Gasteiger partial charge in [0.25, 0.3) is 5.56 Å². The molecule has 0 unspecified atom stereocenters. The van der Waals surface area contributed by atoms with Gasteiger partial charge in [-0.05, 0) is 31.6 Å². The summed E-state index contributed by atoms with van der Waals surface area (Å²) < 4.78 is 25.8. The lowest BCUT2D eigenvalue weighted by Crippen LogP contribution is -2.18. The number of halogens is 1. The zero-order valence-electron chi connectivity index (χ0n) is 19.3. The molecule has 0 radical (unpaired) electrons. The standard InChI is InChI=1S/C22H31FN2O3S.C2H6/c1-3-5-15(6-4-2)13-28-16-11-18(23)21-19(12-16)24-20(25-22(21)26)14-29-17-7-9-27-10-8-17;1-2/h11-12,15,17H,3-10,13-14H2,1-2H3,(H,24,25,26);1-2H3. The van der Waals surface area contributed by atoms with Crippen molar-refractivity contribution in [3.63, 3.8) is 0 Å². The van der Waals surface area contributed by atoms with Crippen LogP contribution in [-0.4, -0.2) is 35.0 Å². The smallest absolute Gasteiger partial charge is 0.261 e. The Kier molecular flexibility index (Phi) is 11.4. The number of H-pyrrole nitrogens is 1. The Morgan fingerprint density at radius 2 is 1.90 bits per heavy atom. The van der Waals surface area contributed by atoms with Gasteiger partial charge in [0.1, 0.15) is 22.8 Å². The van der Waals surface area contributed by atoms with E-state index in [2.05, 4.69) is 23.8 Å². The van der Waals surface area contributed by atoms with Gasteiger partial charge < -0.3 is 14.5 Å². The fourth-order valence-corrected chi connectivity index (χ4v) is 4.84. The van der Waals surface area contributed by atoms with E-state index >= 15 is 0 Å². The number of aromatic nitrogens is 2. The molecule has 3 rings (SSSR count). The molecule has 0 atom stereocenters. The molecule has 5 nitrogen and oxygen atoms in total. The summed E-state index contributed by atoms with van der Waals surface area (Å²) in [6, 6.07) is 2.98. The van der Waals surface area contributed by atoms with Crippen LogP contribution in [0.15, 0.2) is 16.9 Å². The van der Waals surface area contributed by atoms with E-state index in [-0.39, 0.29) is 5.39 Å². The van der Waals surface area contributed by atoms with Crippen molar-refractivity contribution in [2.24, 2.45) is 5.92 Å². The van der Waals surface area contributed by atoms with Gasteiger partial charge in [-0.1, -0.05) is 40.5 Å². The zero-order valence-corrected chi connectivity index (χ0v) is 20.2. The first-order valence-electron chi connectivity index (χ1n) is 11.6. The van der Waals surface area contributed by atoms with E-state index in [1.807, 2.05) is 13.8 Å². The van der Waals surface area contributed by atoms with Crippen LogP contribution in [0.2, 0.25) is 0 Å². The van der Waals surface area contributed by atoms with Crippen molar-refractivity contribution >= 4 is 22.7 Å². The third-order valence-electron chi connectivity index (χ3n) is 5.29. The quantitative estimate of drug-likeness (QED) is 0.472. The first-order valence-corrected chi connectivity index (χ1v) is 12.7. The largest absolute Gasteiger partial charge is 0.493 e. The highest BCUT2D eigenvalue weighted by atomic mass is 32.2. The number of rotatable bonds is 10. The molecule has 1 aromatic carbocycles. The predicted molar refractivity (Wildman–Crippen MR) is 128 cm³/mol. The summed E-state index contributed by atoms with van der Waals surface area (Å²) in [4.78, 5) is 19.7. The fourth-order valence-electron chi connectivity index (χ4n) is 3.78. The first-order chi connectivity index (χ1) is 15.1. The Balaban J connectivity index is 0.00000166. The molecule has 0 amide bonds. The Labute approximate surface area is 189 Å². The molecular formula is C24H37FN2O3S. The molecule has 1 saturated heterocycles. The monoisotopic (exact) mass is 452 g/mol. The average molecular weight is 453 g/mol. The molecule has 2 aromatic rings. The van der Waals surface area contributed by atoms with Gasteiger partial charge in [-0.25, -0.2) is 9.37 Å². The summed E-state index contributed by atoms with van der Waals surface area (Å²) in [5.41, 5.74) is -0.0784. The second-order valence-electron chi connectivity index (χ2n) is 7.69. The highest BCUT2D eigenvalue weighted by Crippen LogP contribution is 2.26. The Hall–Kier alpha value is -1.60. The molecule has 174 valence electrons. The molecule has 1 aliphatic heterocycles. The molecule has 0 saturated carbocycles. The minimum absolute atomic E-state index is 0.00386. The van der Waals surface area contributed by atoms with Crippen molar-refractivity contribution in [1.29, 1.82) is 0 Å². The number of nitrogens with one attached hydrogen (secondary N) is 1. The molecule has 0 aliphatic carbocycles. The number of hydrogen-bond acceptors (Lipinski definition) is 5. The van der Waals surface area contributed by atoms with Crippen LogP contribution >= 0.6 is 11.8 Å². The fraction of sp³-hybridized carbons (Fsp3) is 0.667. The van der Waals surface area contributed by atoms with Gasteiger partial charge in [-0.15, -0.1) is 0 Å². The van der Waals surface area contributed by atoms with E-state index in [1.54, 1.807) is 17.8 Å². The number of thioether (sulfide) groups is 1. The van der Waals surface area contributed by atoms with Crippen molar-refractivity contribution in [2.75, 3.05) is 19.8 Å². The number of fused-ring (bicyclic) bond motifs is 1. The normalized spacial score (nSPS) is 14.5. The van der Waals surface area contributed by atoms with Crippen LogP contribution in [0.3, 0.4) is 0 Å². The van der Waals surface area contributed by atoms with Crippen LogP contribution in [0.25, 0.3) is 10.9 Å². The van der Waals surface area contributed by atoms with Crippen molar-refractivity contribution in [3.05, 3.63) is 34.1 Å². The Morgan fingerprint density at radius 1 is 1.23 bits per heavy atom. The van der Waals surface area contributed by atoms with Crippen molar-refractivity contribution in [3.8, 4) is 5.75 Å². The summed E-state index contributed by atoms with van der Waals surface area (Å²) >= 11 is 1.76. The molecular weight excluding hydrogens is 415 g/mol. The topological polar surface area (TPSA) is 64.2 Å². The van der Waals surface area contributed by atoms with Crippen molar-refractivity contribution < 1.29 is 13.9 Å². The third-order valence-corrected chi connectivity index (χ3v) is 6.67. The van der Waals surface area contributed by atoms with Crippen molar-refractivity contribution in [1.82, 2.24) is 9.97 Å². The van der Waals surface area contributed by atoms with E-state index < -0.39 is 11.4 Å². The lowest BCUT2D eigenvalue weighted by Gasteiger charge is -2.21. The van der Waals surface area contributed by atoms with Gasteiger partial charge in [0.05, 0.1) is 17.9 Å². The highest BCUT2D eigenvalue weighted by molar-refractivity contribution is 7.99. The first kappa shape index (κ1) is 25.7. The van der Waals surface area contributed by atoms with Gasteiger partial charge in [-0.3, -0.25) is 4.79 Å². The Bertz CT molecular complexity index is 847. The van der Waals surface area contributed by atoms with Crippen LogP contribution in [-0.2, 0) is 10.5 Å². The second-order valence-corrected chi connectivity index (χ2v) is 8.98. The summed E-state index contributed by atoms with van der Waals surface area (Å²) in [5, 5.41) is 0.501. The van der Waals surface area contributed by atoms with E-state index in [9.17, 15) is 9.18 Å². The van der Waals surface area contributed by atoms with Gasteiger partial charge in [0, 0.05) is 30.6 Å². The maximum atomic E-state index is 14.6. The van der Waals surface area contributed by atoms with Gasteiger partial charge in [0.2, 0.25) is 0 Å². The molecule has 1 N–H and O–H groups in total. The highest BCUT2D eigenvalue weighted by Gasteiger charge is 2.17. The number of benzene rings is 1. The van der Waals surface area contributed by atoms with E-state index in [4.69, 9.17) is 9.47 Å².